The van der Waals surface area contributed by atoms with Gasteiger partial charge >= 0.3 is 6.03 Å². The number of carbonyl (C=O) groups is 1. The van der Waals surface area contributed by atoms with E-state index in [-0.39, 0.29) is 12.1 Å². The Kier molecular flexibility index (Phi) is 6.77. The van der Waals surface area contributed by atoms with Gasteiger partial charge in [-0.1, -0.05) is 12.8 Å². The first-order valence-corrected chi connectivity index (χ1v) is 9.90. The van der Waals surface area contributed by atoms with Crippen molar-refractivity contribution in [3.63, 3.8) is 0 Å². The van der Waals surface area contributed by atoms with E-state index in [2.05, 4.69) is 44.9 Å². The van der Waals surface area contributed by atoms with Gasteiger partial charge in [-0.25, -0.2) is 9.78 Å². The molecule has 0 spiro atoms. The highest BCUT2D eigenvalue weighted by Crippen LogP contribution is 2.23. The van der Waals surface area contributed by atoms with Gasteiger partial charge in [0.05, 0.1) is 11.9 Å². The Morgan fingerprint density at radius 1 is 1.24 bits per heavy atom. The fourth-order valence-corrected chi connectivity index (χ4v) is 3.76. The number of urea groups is 1. The highest BCUT2D eigenvalue weighted by atomic mass is 16.2. The summed E-state index contributed by atoms with van der Waals surface area (Å²) >= 11 is 0. The van der Waals surface area contributed by atoms with Crippen molar-refractivity contribution in [2.24, 2.45) is 0 Å². The molecule has 154 valence electrons. The van der Waals surface area contributed by atoms with E-state index in [0.717, 1.165) is 30.6 Å². The zero-order valence-electron chi connectivity index (χ0n) is 17.2. The van der Waals surface area contributed by atoms with E-state index in [1.807, 2.05) is 19.1 Å². The van der Waals surface area contributed by atoms with Crippen molar-refractivity contribution in [1.29, 1.82) is 5.41 Å². The molecule has 2 atom stereocenters. The number of hydrogen-bond acceptors (Lipinski definition) is 6. The Morgan fingerprint density at radius 2 is 2.03 bits per heavy atom. The van der Waals surface area contributed by atoms with Crippen molar-refractivity contribution in [3.8, 4) is 0 Å². The molecule has 3 rings (SSSR count). The molecule has 29 heavy (non-hydrogen) atoms. The molecule has 2 aromatic rings. The Hall–Kier alpha value is -3.00. The molecule has 0 aliphatic heterocycles. The summed E-state index contributed by atoms with van der Waals surface area (Å²) in [4.78, 5) is 23.2. The van der Waals surface area contributed by atoms with Gasteiger partial charge in [0.15, 0.2) is 0 Å². The third kappa shape index (κ3) is 5.51. The Labute approximate surface area is 171 Å². The van der Waals surface area contributed by atoms with Gasteiger partial charge in [-0.2, -0.15) is 0 Å². The molecule has 2 heterocycles. The van der Waals surface area contributed by atoms with Gasteiger partial charge in [0, 0.05) is 41.4 Å². The second-order valence-electron chi connectivity index (χ2n) is 7.63. The maximum absolute atomic E-state index is 12.5. The van der Waals surface area contributed by atoms with Crippen molar-refractivity contribution in [1.82, 2.24) is 20.2 Å². The van der Waals surface area contributed by atoms with E-state index in [0.29, 0.717) is 23.1 Å². The maximum atomic E-state index is 12.5. The van der Waals surface area contributed by atoms with E-state index in [4.69, 9.17) is 5.41 Å². The van der Waals surface area contributed by atoms with Crippen LogP contribution in [0.3, 0.4) is 0 Å². The number of carbonyl (C=O) groups excluding carboxylic acids is 1. The van der Waals surface area contributed by atoms with Gasteiger partial charge in [0.1, 0.15) is 5.82 Å². The second-order valence-corrected chi connectivity index (χ2v) is 7.63. The molecule has 1 saturated carbocycles. The van der Waals surface area contributed by atoms with Crippen LogP contribution < -0.4 is 16.0 Å². The molecule has 0 aromatic carbocycles. The average Bonchev–Trinajstić information content (AvgIpc) is 2.69. The summed E-state index contributed by atoms with van der Waals surface area (Å²) in [6.07, 6.45) is 8.96. The van der Waals surface area contributed by atoms with Crippen molar-refractivity contribution in [2.75, 3.05) is 24.7 Å². The lowest BCUT2D eigenvalue weighted by molar-refractivity contribution is 0.178. The first kappa shape index (κ1) is 20.7. The number of aromatic nitrogens is 2. The number of likely N-dealkylation sites (N-methyl/N-ethyl adjacent to an activating group) is 1. The number of aryl methyl sites for hydroxylation is 1. The van der Waals surface area contributed by atoms with Crippen molar-refractivity contribution in [3.05, 3.63) is 41.9 Å². The van der Waals surface area contributed by atoms with Crippen LogP contribution in [0.1, 0.15) is 36.9 Å². The van der Waals surface area contributed by atoms with Crippen LogP contribution in [-0.2, 0) is 0 Å². The lowest BCUT2D eigenvalue weighted by Gasteiger charge is -2.36. The zero-order valence-corrected chi connectivity index (χ0v) is 17.2. The van der Waals surface area contributed by atoms with Gasteiger partial charge in [0.25, 0.3) is 0 Å². The molecular weight excluding hydrogens is 366 g/mol. The molecule has 2 aromatic heterocycles. The van der Waals surface area contributed by atoms with Crippen LogP contribution in [0.25, 0.3) is 0 Å². The summed E-state index contributed by atoms with van der Waals surface area (Å²) in [7, 11) is 4.10. The van der Waals surface area contributed by atoms with Crippen LogP contribution in [0.4, 0.5) is 22.0 Å². The predicted octanol–water partition coefficient (Wildman–Crippen LogP) is 3.52. The number of pyridine rings is 2. The highest BCUT2D eigenvalue weighted by molar-refractivity contribution is 5.92. The van der Waals surface area contributed by atoms with Gasteiger partial charge in [-0.05, 0) is 52.1 Å². The molecule has 1 aliphatic carbocycles. The van der Waals surface area contributed by atoms with Crippen molar-refractivity contribution < 1.29 is 4.79 Å². The smallest absolute Gasteiger partial charge is 0.320 e. The second kappa shape index (κ2) is 9.47. The van der Waals surface area contributed by atoms with Gasteiger partial charge < -0.3 is 20.9 Å². The third-order valence-electron chi connectivity index (χ3n) is 5.22. The molecule has 8 heteroatoms. The van der Waals surface area contributed by atoms with Crippen LogP contribution >= 0.6 is 0 Å². The topological polar surface area (TPSA) is 106 Å². The van der Waals surface area contributed by atoms with E-state index < -0.39 is 0 Å². The molecule has 0 saturated heterocycles. The Morgan fingerprint density at radius 3 is 2.76 bits per heavy atom. The first-order valence-electron chi connectivity index (χ1n) is 9.90. The van der Waals surface area contributed by atoms with E-state index in [1.165, 1.54) is 12.6 Å². The monoisotopic (exact) mass is 395 g/mol. The van der Waals surface area contributed by atoms with Gasteiger partial charge in [-0.15, -0.1) is 0 Å². The quantitative estimate of drug-likeness (QED) is 0.560. The minimum absolute atomic E-state index is 0.122. The molecule has 0 unspecified atom stereocenters. The van der Waals surface area contributed by atoms with E-state index in [9.17, 15) is 4.79 Å². The number of nitrogens with one attached hydrogen (secondary N) is 4. The summed E-state index contributed by atoms with van der Waals surface area (Å²) < 4.78 is 0. The molecule has 4 N–H and O–H groups in total. The summed E-state index contributed by atoms with van der Waals surface area (Å²) in [5.41, 5.74) is 3.09. The van der Waals surface area contributed by atoms with Crippen LogP contribution in [-0.4, -0.2) is 53.3 Å². The van der Waals surface area contributed by atoms with Gasteiger partial charge in [0.2, 0.25) is 0 Å². The average molecular weight is 396 g/mol. The number of nitrogens with zero attached hydrogens (tertiary/aromatic N) is 3. The standard InChI is InChI=1S/C21H29N7O/c1-14-10-16(8-9-23-14)25-18-13-24-20(11-15(18)12-22)27-21(29)26-17-6-4-5-7-19(17)28(2)3/h8-13,17,19,22H,4-7H2,1-3H3,(H,23,25)(H2,24,26,27,29)/t17-,19-/m0/s1. The van der Waals surface area contributed by atoms with Crippen LogP contribution in [0, 0.1) is 12.3 Å². The molecule has 1 aliphatic rings. The van der Waals surface area contributed by atoms with Gasteiger partial charge in [-0.3, -0.25) is 10.3 Å². The molecule has 2 amide bonds. The SMILES string of the molecule is Cc1cc(Nc2cnc(NC(=O)N[C@H]3CCCC[C@@H]3N(C)C)cc2C=N)ccn1. The van der Waals surface area contributed by atoms with Crippen LogP contribution in [0.5, 0.6) is 0 Å². The normalized spacial score (nSPS) is 18.9. The van der Waals surface area contributed by atoms with E-state index >= 15 is 0 Å². The molecular formula is C21H29N7O. The van der Waals surface area contributed by atoms with Crippen LogP contribution in [0.2, 0.25) is 0 Å². The fourth-order valence-electron chi connectivity index (χ4n) is 3.76. The summed E-state index contributed by atoms with van der Waals surface area (Å²) in [6, 6.07) is 5.65. The molecule has 0 radical (unpaired) electrons. The fraction of sp³-hybridized carbons (Fsp3) is 0.429. The number of hydrogen-bond donors (Lipinski definition) is 4. The Bertz CT molecular complexity index is 868. The van der Waals surface area contributed by atoms with E-state index in [1.54, 1.807) is 18.5 Å². The lowest BCUT2D eigenvalue weighted by Crippen LogP contribution is -2.52. The molecule has 8 nitrogen and oxygen atoms in total. The third-order valence-corrected chi connectivity index (χ3v) is 5.22. The minimum Gasteiger partial charge on any atom is -0.354 e. The largest absolute Gasteiger partial charge is 0.354 e. The number of rotatable bonds is 6. The first-order chi connectivity index (χ1) is 14.0. The summed E-state index contributed by atoms with van der Waals surface area (Å²) in [5, 5.41) is 16.8. The van der Waals surface area contributed by atoms with Crippen molar-refractivity contribution >= 4 is 29.4 Å². The zero-order chi connectivity index (χ0) is 20.8. The lowest BCUT2D eigenvalue weighted by atomic mass is 9.89. The highest BCUT2D eigenvalue weighted by Gasteiger charge is 2.28. The van der Waals surface area contributed by atoms with Crippen molar-refractivity contribution in [2.45, 2.75) is 44.7 Å². The minimum atomic E-state index is -0.266. The number of amides is 2. The molecule has 1 fully saturated rings. The van der Waals surface area contributed by atoms with Crippen LogP contribution in [0.15, 0.2) is 30.6 Å². The maximum Gasteiger partial charge on any atom is 0.320 e. The summed E-state index contributed by atoms with van der Waals surface area (Å²) in [6.45, 7) is 1.92. The Balaban J connectivity index is 1.66. The molecule has 0 bridgehead atoms. The predicted molar refractivity (Wildman–Crippen MR) is 116 cm³/mol. The summed E-state index contributed by atoms with van der Waals surface area (Å²) in [5.74, 6) is 0.412. The number of anilines is 3.